The van der Waals surface area contributed by atoms with Gasteiger partial charge in [-0.2, -0.15) is 0 Å². The summed E-state index contributed by atoms with van der Waals surface area (Å²) < 4.78 is 36.4. The van der Waals surface area contributed by atoms with E-state index in [0.717, 1.165) is 87.5 Å². The first kappa shape index (κ1) is 96.1. The van der Waals surface area contributed by atoms with Crippen LogP contribution in [0.2, 0.25) is 0 Å². The molecule has 0 spiro atoms. The SMILES string of the molecule is BrC/C=C/CBr.CC(=O)C(C)C(C)=O.CCCO.CCCOC/C=C/CBr.CCCOC/C=C/CC(C)(C(C)=O)C(C)=O.CCCOC/C=C/CC(C)C(=O)O.CCCOC/C=C/CC(C)C(C)=O.[2H]CF.[Br-].[H-].[Li+].[Na+]. The molecule has 0 aromatic carbocycles. The Labute approximate surface area is 523 Å². The van der Waals surface area contributed by atoms with Crippen LogP contribution in [-0.2, 0) is 47.7 Å². The smallest absolute Gasteiger partial charge is 1.00 e. The van der Waals surface area contributed by atoms with Gasteiger partial charge in [0.25, 0.3) is 0 Å². The molecule has 19 heteroatoms. The van der Waals surface area contributed by atoms with Crippen LogP contribution in [0.3, 0.4) is 0 Å². The van der Waals surface area contributed by atoms with Crippen molar-refractivity contribution in [2.24, 2.45) is 23.2 Å². The number of ketones is 5. The Morgan fingerprint density at radius 2 is 0.838 bits per heavy atom. The molecule has 2 N–H and O–H groups in total. The summed E-state index contributed by atoms with van der Waals surface area (Å²) in [6.07, 6.45) is 26.5. The Balaban J connectivity index is -0.0000000636. The molecule has 74 heavy (non-hydrogen) atoms. The first-order valence-corrected chi connectivity index (χ1v) is 27.8. The summed E-state index contributed by atoms with van der Waals surface area (Å²) in [5, 5.41) is 19.3. The number of carbonyl (C=O) groups is 6. The molecule has 0 aliphatic heterocycles. The zero-order valence-electron chi connectivity index (χ0n) is 50.7. The fraction of sp³-hybridized carbons (Fsp3) is 0.709. The molecule has 0 aliphatic rings. The summed E-state index contributed by atoms with van der Waals surface area (Å²) in [6, 6.07) is 0. The van der Waals surface area contributed by atoms with Crippen molar-refractivity contribution in [2.75, 3.05) is 82.6 Å². The van der Waals surface area contributed by atoms with Crippen LogP contribution >= 0.6 is 47.8 Å². The van der Waals surface area contributed by atoms with Crippen molar-refractivity contribution in [3.05, 3.63) is 60.8 Å². The molecule has 430 valence electrons. The van der Waals surface area contributed by atoms with Gasteiger partial charge < -0.3 is 47.6 Å². The normalized spacial score (nSPS) is 11.2. The van der Waals surface area contributed by atoms with Crippen LogP contribution in [0.15, 0.2) is 60.8 Å². The van der Waals surface area contributed by atoms with E-state index in [0.29, 0.717) is 39.3 Å². The molecule has 0 bridgehead atoms. The second-order valence-corrected chi connectivity index (χ2v) is 17.6. The van der Waals surface area contributed by atoms with Crippen molar-refractivity contribution in [1.82, 2.24) is 0 Å². The number of hydrogen-bond donors (Lipinski definition) is 2. The van der Waals surface area contributed by atoms with E-state index in [4.69, 9.17) is 30.5 Å². The van der Waals surface area contributed by atoms with Gasteiger partial charge in [0, 0.05) is 54.9 Å². The maximum Gasteiger partial charge on any atom is 1.00 e. The van der Waals surface area contributed by atoms with Crippen LogP contribution in [0.4, 0.5) is 4.39 Å². The van der Waals surface area contributed by atoms with E-state index in [9.17, 15) is 33.2 Å². The fourth-order valence-corrected chi connectivity index (χ4v) is 4.45. The molecule has 12 nitrogen and oxygen atoms in total. The number of aliphatic hydroxyl groups is 1. The van der Waals surface area contributed by atoms with Crippen LogP contribution in [0.5, 0.6) is 0 Å². The number of Topliss-reactive ketones (excluding diaryl/α,β-unsaturated/α-hetero) is 5. The number of hydrogen-bond acceptors (Lipinski definition) is 11. The largest absolute Gasteiger partial charge is 1.00 e. The fourth-order valence-electron chi connectivity index (χ4n) is 3.65. The Morgan fingerprint density at radius 3 is 1.05 bits per heavy atom. The van der Waals surface area contributed by atoms with Crippen molar-refractivity contribution in [3.8, 4) is 0 Å². The van der Waals surface area contributed by atoms with Gasteiger partial charge in [-0.15, -0.1) is 0 Å². The Hall–Kier alpha value is -0.233. The number of carboxylic acid groups (broad SMARTS) is 1. The van der Waals surface area contributed by atoms with Gasteiger partial charge in [0.1, 0.15) is 28.9 Å². The van der Waals surface area contributed by atoms with Crippen molar-refractivity contribution < 1.29 is 131 Å². The first-order chi connectivity index (χ1) is 34.0. The third kappa shape index (κ3) is 91.2. The van der Waals surface area contributed by atoms with Crippen molar-refractivity contribution in [3.63, 3.8) is 0 Å². The summed E-state index contributed by atoms with van der Waals surface area (Å²) in [5.41, 5.74) is -0.874. The molecule has 2 unspecified atom stereocenters. The second-order valence-electron chi connectivity index (χ2n) is 15.7. The zero-order valence-corrected chi connectivity index (χ0v) is 57.1. The van der Waals surface area contributed by atoms with E-state index < -0.39 is 24.5 Å². The molecule has 0 rings (SSSR count). The number of carbonyl (C=O) groups excluding carboxylic acids is 5. The van der Waals surface area contributed by atoms with E-state index in [2.05, 4.69) is 80.7 Å². The molecule has 0 aliphatic carbocycles. The Kier molecular flexibility index (Phi) is 109. The molecule has 0 saturated heterocycles. The molecule has 0 aromatic rings. The predicted octanol–water partition coefficient (Wildman–Crippen LogP) is 4.80. The average Bonchev–Trinajstić information content (AvgIpc) is 3.34. The van der Waals surface area contributed by atoms with Crippen LogP contribution in [0.25, 0.3) is 0 Å². The molecule has 0 heterocycles. The van der Waals surface area contributed by atoms with Crippen LogP contribution in [-0.4, -0.2) is 128 Å². The van der Waals surface area contributed by atoms with Gasteiger partial charge in [0.05, 0.1) is 52.2 Å². The summed E-state index contributed by atoms with van der Waals surface area (Å²) in [6.45, 7) is 30.6. The number of aliphatic carboxylic acids is 1. The molecule has 0 saturated carbocycles. The Bertz CT molecular complexity index is 1330. The number of alkyl halides is 4. The number of aliphatic hydroxyl groups excluding tert-OH is 1. The average molecular weight is 1320 g/mol. The topological polar surface area (TPSA) is 180 Å². The van der Waals surface area contributed by atoms with E-state index in [-0.39, 0.29) is 108 Å². The maximum absolute atomic E-state index is 11.4. The number of ether oxygens (including phenoxy) is 4. The summed E-state index contributed by atoms with van der Waals surface area (Å²) in [4.78, 5) is 64.7. The minimum Gasteiger partial charge on any atom is -1.00 e. The van der Waals surface area contributed by atoms with Crippen LogP contribution in [0.1, 0.15) is 151 Å². The quantitative estimate of drug-likeness (QED) is 0.0310. The molecule has 0 fully saturated rings. The van der Waals surface area contributed by atoms with Gasteiger partial charge >= 0.3 is 54.4 Å². The van der Waals surface area contributed by atoms with Gasteiger partial charge in [-0.1, -0.05) is 157 Å². The van der Waals surface area contributed by atoms with Crippen molar-refractivity contribution >= 4 is 82.7 Å². The van der Waals surface area contributed by atoms with Crippen molar-refractivity contribution in [1.29, 1.82) is 0 Å². The number of halogens is 5. The molecule has 0 radical (unpaired) electrons. The molecule has 2 atom stereocenters. The van der Waals surface area contributed by atoms with Gasteiger partial charge in [-0.25, -0.2) is 0 Å². The second kappa shape index (κ2) is 84.1. The van der Waals surface area contributed by atoms with E-state index in [1.807, 2.05) is 69.4 Å². The molecule has 0 aromatic heterocycles. The minimum absolute atomic E-state index is 0. The van der Waals surface area contributed by atoms with Crippen LogP contribution in [0, 0.1) is 23.2 Å². The summed E-state index contributed by atoms with van der Waals surface area (Å²) in [5.74, 6) is -1.36. The van der Waals surface area contributed by atoms with Crippen molar-refractivity contribution in [2.45, 2.75) is 148 Å². The monoisotopic (exact) mass is 1320 g/mol. The first-order valence-electron chi connectivity index (χ1n) is 25.2. The molecule has 0 amide bonds. The minimum atomic E-state index is -1.00. The van der Waals surface area contributed by atoms with E-state index >= 15 is 0 Å². The van der Waals surface area contributed by atoms with E-state index in [1.165, 1.54) is 27.7 Å². The van der Waals surface area contributed by atoms with Gasteiger partial charge in [0.15, 0.2) is 0 Å². The van der Waals surface area contributed by atoms with Crippen LogP contribution < -0.4 is 65.4 Å². The number of allylic oxidation sites excluding steroid dienone is 6. The van der Waals surface area contributed by atoms with Gasteiger partial charge in [0.2, 0.25) is 0 Å². The number of carboxylic acids is 1. The maximum atomic E-state index is 11.4. The third-order valence-electron chi connectivity index (χ3n) is 8.97. The zero-order chi connectivity index (χ0) is 57.4. The van der Waals surface area contributed by atoms with Gasteiger partial charge in [-0.05, 0) is 99.8 Å². The Morgan fingerprint density at radius 1 is 0.568 bits per heavy atom. The van der Waals surface area contributed by atoms with Gasteiger partial charge in [-0.3, -0.25) is 33.2 Å². The third-order valence-corrected chi connectivity index (χ3v) is 10.1. The number of rotatable bonds is 32. The summed E-state index contributed by atoms with van der Waals surface area (Å²) >= 11 is 9.76. The van der Waals surface area contributed by atoms with E-state index in [1.54, 1.807) is 27.7 Å². The standard InChI is InChI=1S/C13H22O3.C11H20O2.C10H18O3.C7H13BrO.C6H10O2.C4H6Br2.C3H8O.CH3F.BrH.Li.Na.H/c1-5-9-16-10-7-6-8-13(4,11(2)14)12(3)15;1-4-8-13-9-6-5-7-10(2)11(3)12;1-3-7-13-8-5-4-6-9(2)10(11)12;1-2-6-9-7-4-3-5-8;1-4(5(2)7)6(3)8;5-3-1-2-4-6;1-2-3-4;1-2;;;;/h6-7H,5,8-10H2,1-4H3;5-6,10H,4,7-9H2,1-3H3;4-5,9H,3,6-8H2,1-2H3,(H,11,12);3-4H,2,5-7H2,1H3;4H,1-3H3;1-2H,3-4H2;4H,2-3H2,1H3;1H3;1H;;;/q;;;;;;;;;2*+1;-1/p-1/b7-6+;6-5+;5-4+;4-3+;;2-1+;;;;;;/i;;;;;;;1D;;;;. The predicted molar refractivity (Wildman–Crippen MR) is 308 cm³/mol. The summed E-state index contributed by atoms with van der Waals surface area (Å²) in [7, 11) is -1.00. The molecular weight excluding hydrogens is 1220 g/mol. The molecular formula is C55H101Br4FLiNaO12.